The van der Waals surface area contributed by atoms with Crippen molar-refractivity contribution in [2.45, 2.75) is 0 Å². The third-order valence-corrected chi connectivity index (χ3v) is 5.84. The summed E-state index contributed by atoms with van der Waals surface area (Å²) in [6.07, 6.45) is 3.75. The number of thiophene rings is 1. The Kier molecular flexibility index (Phi) is 5.50. The van der Waals surface area contributed by atoms with Crippen LogP contribution in [0, 0.1) is 0 Å². The Morgan fingerprint density at radius 3 is 1.29 bits per heavy atom. The standard InChI is InChI=1S/C24H16N2.C4H4S/c1-3-7-17(8-4-1)19-13-15-25-23-21(19)11-12-22-20(14-16-26-24(22)23)18-9-5-2-6-10-18;1-2-4-5-3-1/h1-16H;1-4H. The summed E-state index contributed by atoms with van der Waals surface area (Å²) in [6.45, 7) is 0. The molecule has 0 aliphatic carbocycles. The molecule has 0 unspecified atom stereocenters. The van der Waals surface area contributed by atoms with Crippen LogP contribution in [-0.2, 0) is 0 Å². The average Bonchev–Trinajstić information content (AvgIpc) is 3.45. The molecule has 0 saturated heterocycles. The number of nitrogens with zero attached hydrogens (tertiary/aromatic N) is 2. The molecule has 2 nitrogen and oxygen atoms in total. The molecule has 0 saturated carbocycles. The zero-order chi connectivity index (χ0) is 20.9. The van der Waals surface area contributed by atoms with E-state index in [9.17, 15) is 0 Å². The highest BCUT2D eigenvalue weighted by Gasteiger charge is 2.11. The molecule has 0 aliphatic heterocycles. The van der Waals surface area contributed by atoms with Crippen LogP contribution < -0.4 is 0 Å². The van der Waals surface area contributed by atoms with Gasteiger partial charge < -0.3 is 0 Å². The third kappa shape index (κ3) is 3.96. The molecule has 3 aromatic heterocycles. The minimum absolute atomic E-state index is 0.946. The Bertz CT molecular complexity index is 1290. The van der Waals surface area contributed by atoms with Crippen molar-refractivity contribution in [3.8, 4) is 22.3 Å². The molecule has 0 atom stereocenters. The Labute approximate surface area is 185 Å². The summed E-state index contributed by atoms with van der Waals surface area (Å²) in [5.41, 5.74) is 6.65. The van der Waals surface area contributed by atoms with Crippen LogP contribution >= 0.6 is 11.3 Å². The number of hydrogen-bond acceptors (Lipinski definition) is 3. The fourth-order valence-corrected chi connectivity index (χ4v) is 4.25. The molecule has 6 aromatic rings. The maximum absolute atomic E-state index is 4.67. The fourth-order valence-electron chi connectivity index (χ4n) is 3.79. The molecule has 6 rings (SSSR count). The highest BCUT2D eigenvalue weighted by atomic mass is 32.1. The van der Waals surface area contributed by atoms with Crippen molar-refractivity contribution in [2.75, 3.05) is 0 Å². The van der Waals surface area contributed by atoms with E-state index in [1.54, 1.807) is 11.3 Å². The van der Waals surface area contributed by atoms with E-state index in [2.05, 4.69) is 82.8 Å². The van der Waals surface area contributed by atoms with Crippen LogP contribution in [0.25, 0.3) is 44.1 Å². The number of hydrogen-bond donors (Lipinski definition) is 0. The molecule has 3 aromatic carbocycles. The van der Waals surface area contributed by atoms with E-state index in [0.717, 1.165) is 21.8 Å². The smallest absolute Gasteiger partial charge is 0.0970 e. The van der Waals surface area contributed by atoms with Crippen molar-refractivity contribution >= 4 is 33.1 Å². The first kappa shape index (κ1) is 19.2. The Hall–Kier alpha value is -3.82. The van der Waals surface area contributed by atoms with Gasteiger partial charge in [-0.05, 0) is 45.1 Å². The monoisotopic (exact) mass is 416 g/mol. The van der Waals surface area contributed by atoms with Gasteiger partial charge in [0.2, 0.25) is 0 Å². The maximum atomic E-state index is 4.67. The minimum atomic E-state index is 0.946. The Morgan fingerprint density at radius 2 is 0.903 bits per heavy atom. The molecule has 0 amide bonds. The molecule has 148 valence electrons. The highest BCUT2D eigenvalue weighted by molar-refractivity contribution is 7.07. The first-order valence-electron chi connectivity index (χ1n) is 10.2. The topological polar surface area (TPSA) is 25.8 Å². The lowest BCUT2D eigenvalue weighted by Crippen LogP contribution is -1.90. The fraction of sp³-hybridized carbons (Fsp3) is 0. The van der Waals surface area contributed by atoms with Crippen LogP contribution in [0.4, 0.5) is 0 Å². The van der Waals surface area contributed by atoms with Gasteiger partial charge in [0.15, 0.2) is 0 Å². The molecule has 31 heavy (non-hydrogen) atoms. The summed E-state index contributed by atoms with van der Waals surface area (Å²) in [4.78, 5) is 9.34. The summed E-state index contributed by atoms with van der Waals surface area (Å²) >= 11 is 1.71. The lowest BCUT2D eigenvalue weighted by atomic mass is 9.97. The van der Waals surface area contributed by atoms with E-state index in [4.69, 9.17) is 0 Å². The van der Waals surface area contributed by atoms with Gasteiger partial charge in [-0.3, -0.25) is 9.97 Å². The predicted molar refractivity (Wildman–Crippen MR) is 132 cm³/mol. The van der Waals surface area contributed by atoms with Gasteiger partial charge in [-0.1, -0.05) is 84.9 Å². The number of rotatable bonds is 2. The van der Waals surface area contributed by atoms with Crippen LogP contribution in [-0.4, -0.2) is 9.97 Å². The van der Waals surface area contributed by atoms with Crippen molar-refractivity contribution < 1.29 is 0 Å². The molecule has 0 bridgehead atoms. The quantitative estimate of drug-likeness (QED) is 0.268. The molecule has 0 fully saturated rings. The lowest BCUT2D eigenvalue weighted by Gasteiger charge is -2.11. The molecular formula is C28H20N2S. The zero-order valence-electron chi connectivity index (χ0n) is 16.8. The van der Waals surface area contributed by atoms with Crippen LogP contribution in [0.2, 0.25) is 0 Å². The SMILES string of the molecule is c1ccc(-c2ccnc3c2ccc2c(-c4ccccc4)ccnc23)cc1.c1ccsc1. The summed E-state index contributed by atoms with van der Waals surface area (Å²) < 4.78 is 0. The lowest BCUT2D eigenvalue weighted by molar-refractivity contribution is 1.37. The van der Waals surface area contributed by atoms with Crippen molar-refractivity contribution in [2.24, 2.45) is 0 Å². The molecule has 0 spiro atoms. The van der Waals surface area contributed by atoms with Gasteiger partial charge in [0, 0.05) is 23.2 Å². The normalized spacial score (nSPS) is 10.6. The zero-order valence-corrected chi connectivity index (χ0v) is 17.7. The largest absolute Gasteiger partial charge is 0.254 e. The van der Waals surface area contributed by atoms with Crippen LogP contribution in [0.3, 0.4) is 0 Å². The summed E-state index contributed by atoms with van der Waals surface area (Å²) in [5.74, 6) is 0. The van der Waals surface area contributed by atoms with Crippen LogP contribution in [0.5, 0.6) is 0 Å². The van der Waals surface area contributed by atoms with E-state index < -0.39 is 0 Å². The first-order valence-corrected chi connectivity index (χ1v) is 11.1. The first-order chi connectivity index (χ1) is 15.4. The van der Waals surface area contributed by atoms with Crippen LogP contribution in [0.15, 0.2) is 120 Å². The summed E-state index contributed by atoms with van der Waals surface area (Å²) in [7, 11) is 0. The van der Waals surface area contributed by atoms with Gasteiger partial charge in [-0.25, -0.2) is 0 Å². The van der Waals surface area contributed by atoms with Crippen molar-refractivity contribution in [1.29, 1.82) is 0 Å². The van der Waals surface area contributed by atoms with E-state index >= 15 is 0 Å². The second-order valence-corrected chi connectivity index (χ2v) is 7.92. The second-order valence-electron chi connectivity index (χ2n) is 7.10. The van der Waals surface area contributed by atoms with Gasteiger partial charge in [-0.15, -0.1) is 0 Å². The summed E-state index contributed by atoms with van der Waals surface area (Å²) in [6, 6.07) is 33.4. The third-order valence-electron chi connectivity index (χ3n) is 5.22. The highest BCUT2D eigenvalue weighted by Crippen LogP contribution is 2.34. The van der Waals surface area contributed by atoms with Gasteiger partial charge in [0.1, 0.15) is 0 Å². The Balaban J connectivity index is 0.000000361. The maximum Gasteiger partial charge on any atom is 0.0970 e. The van der Waals surface area contributed by atoms with Crippen molar-refractivity contribution in [3.63, 3.8) is 0 Å². The molecule has 0 radical (unpaired) electrons. The van der Waals surface area contributed by atoms with Crippen molar-refractivity contribution in [1.82, 2.24) is 9.97 Å². The predicted octanol–water partition coefficient (Wildman–Crippen LogP) is 7.87. The van der Waals surface area contributed by atoms with E-state index in [0.29, 0.717) is 0 Å². The second kappa shape index (κ2) is 8.90. The number of fused-ring (bicyclic) bond motifs is 3. The van der Waals surface area contributed by atoms with E-state index in [1.165, 1.54) is 22.3 Å². The molecule has 0 aliphatic rings. The van der Waals surface area contributed by atoms with Gasteiger partial charge >= 0.3 is 0 Å². The van der Waals surface area contributed by atoms with E-state index in [-0.39, 0.29) is 0 Å². The molecule has 0 N–H and O–H groups in total. The molecule has 3 heterocycles. The molecule has 3 heteroatoms. The number of pyridine rings is 2. The minimum Gasteiger partial charge on any atom is -0.254 e. The average molecular weight is 417 g/mol. The summed E-state index contributed by atoms with van der Waals surface area (Å²) in [5, 5.41) is 6.34. The number of benzene rings is 3. The van der Waals surface area contributed by atoms with Gasteiger partial charge in [-0.2, -0.15) is 11.3 Å². The molecular weight excluding hydrogens is 396 g/mol. The van der Waals surface area contributed by atoms with Gasteiger partial charge in [0.05, 0.1) is 11.0 Å². The van der Waals surface area contributed by atoms with Crippen molar-refractivity contribution in [3.05, 3.63) is 120 Å². The van der Waals surface area contributed by atoms with E-state index in [1.807, 2.05) is 47.4 Å². The Morgan fingerprint density at radius 1 is 0.452 bits per heavy atom. The van der Waals surface area contributed by atoms with Crippen LogP contribution in [0.1, 0.15) is 0 Å². The van der Waals surface area contributed by atoms with Gasteiger partial charge in [0.25, 0.3) is 0 Å². The number of aromatic nitrogens is 2.